The number of nitrogens with one attached hydrogen (secondary N) is 3. The molecule has 0 fully saturated rings. The largest absolute Gasteiger partial charge is 0.493 e. The maximum Gasteiger partial charge on any atom is 0.225 e. The first-order chi connectivity index (χ1) is 16.1. The summed E-state index contributed by atoms with van der Waals surface area (Å²) in [5.74, 6) is 3.10. The quantitative estimate of drug-likeness (QED) is 0.314. The molecule has 2 aromatic heterocycles. The van der Waals surface area contributed by atoms with Gasteiger partial charge in [0, 0.05) is 43.4 Å². The Kier molecular flexibility index (Phi) is 9.08. The van der Waals surface area contributed by atoms with E-state index in [-0.39, 0.29) is 0 Å². The summed E-state index contributed by atoms with van der Waals surface area (Å²) in [6.45, 7) is 7.93. The Hall–Kier alpha value is -3.11. The number of aromatic amines is 1. The summed E-state index contributed by atoms with van der Waals surface area (Å²) in [4.78, 5) is 11.6. The normalized spacial score (nSPS) is 11.2. The van der Waals surface area contributed by atoms with Crippen LogP contribution in [0, 0.1) is 0 Å². The van der Waals surface area contributed by atoms with Gasteiger partial charge >= 0.3 is 0 Å². The maximum atomic E-state index is 6.06. The molecule has 0 aliphatic heterocycles. The Bertz CT molecular complexity index is 1020. The summed E-state index contributed by atoms with van der Waals surface area (Å²) < 4.78 is 16.8. The third kappa shape index (κ3) is 6.69. The number of ether oxygens (including phenoxy) is 3. The van der Waals surface area contributed by atoms with E-state index in [1.807, 2.05) is 18.2 Å². The summed E-state index contributed by atoms with van der Waals surface area (Å²) in [5, 5.41) is 14.7. The molecule has 3 N–H and O–H groups in total. The molecule has 0 saturated heterocycles. The number of aryl methyl sites for hydroxylation is 1. The van der Waals surface area contributed by atoms with Crippen molar-refractivity contribution in [2.75, 3.05) is 64.7 Å². The van der Waals surface area contributed by atoms with Crippen molar-refractivity contribution in [1.82, 2.24) is 25.1 Å². The predicted octanol–water partition coefficient (Wildman–Crippen LogP) is 3.45. The van der Waals surface area contributed by atoms with Crippen LogP contribution in [-0.2, 0) is 11.2 Å². The SMILES string of the molecule is CCc1cc(Nc2nc(NCCOC)nc3cc(OCCCN(C)CC)c(OC)cc23)n[nH]1. The molecule has 0 unspecified atom stereocenters. The Labute approximate surface area is 195 Å². The molecule has 33 heavy (non-hydrogen) atoms. The summed E-state index contributed by atoms with van der Waals surface area (Å²) in [6, 6.07) is 5.76. The van der Waals surface area contributed by atoms with E-state index in [0.29, 0.717) is 48.8 Å². The van der Waals surface area contributed by atoms with Gasteiger partial charge in [0.1, 0.15) is 5.82 Å². The zero-order valence-corrected chi connectivity index (χ0v) is 20.2. The number of fused-ring (bicyclic) bond motifs is 1. The summed E-state index contributed by atoms with van der Waals surface area (Å²) in [5.41, 5.74) is 1.77. The van der Waals surface area contributed by atoms with Gasteiger partial charge in [-0.15, -0.1) is 0 Å². The smallest absolute Gasteiger partial charge is 0.225 e. The second-order valence-corrected chi connectivity index (χ2v) is 7.69. The van der Waals surface area contributed by atoms with Crippen LogP contribution in [0.1, 0.15) is 26.0 Å². The fourth-order valence-corrected chi connectivity index (χ4v) is 3.25. The second kappa shape index (κ2) is 12.2. The van der Waals surface area contributed by atoms with Gasteiger partial charge in [-0.25, -0.2) is 4.98 Å². The number of aromatic nitrogens is 4. The van der Waals surface area contributed by atoms with Gasteiger partial charge in [0.2, 0.25) is 5.95 Å². The molecule has 0 radical (unpaired) electrons. The number of H-pyrrole nitrogens is 1. The van der Waals surface area contributed by atoms with Crippen molar-refractivity contribution in [3.63, 3.8) is 0 Å². The number of anilines is 3. The first-order valence-electron chi connectivity index (χ1n) is 11.3. The Balaban J connectivity index is 1.91. The van der Waals surface area contributed by atoms with E-state index < -0.39 is 0 Å². The van der Waals surface area contributed by atoms with Crippen molar-refractivity contribution >= 4 is 28.5 Å². The molecule has 0 bridgehead atoms. The van der Waals surface area contributed by atoms with Crippen LogP contribution in [0.4, 0.5) is 17.6 Å². The lowest BCUT2D eigenvalue weighted by molar-refractivity contribution is 0.210. The zero-order chi connectivity index (χ0) is 23.6. The van der Waals surface area contributed by atoms with E-state index in [4.69, 9.17) is 14.2 Å². The third-order valence-corrected chi connectivity index (χ3v) is 5.31. The Morgan fingerprint density at radius 1 is 1.06 bits per heavy atom. The van der Waals surface area contributed by atoms with Crippen LogP contribution in [0.2, 0.25) is 0 Å². The van der Waals surface area contributed by atoms with E-state index in [0.717, 1.165) is 42.5 Å². The standard InChI is InChI=1S/C23H35N7O3/c1-6-16-13-21(29-28-16)26-22-17-14-19(32-5)20(33-11-8-10-30(3)7-2)15-18(17)25-23(27-22)24-9-12-31-4/h13-15H,6-12H2,1-5H3,(H3,24,25,26,27,28,29). The first-order valence-corrected chi connectivity index (χ1v) is 11.3. The van der Waals surface area contributed by atoms with Crippen molar-refractivity contribution in [3.8, 4) is 11.5 Å². The van der Waals surface area contributed by atoms with Crippen LogP contribution in [0.15, 0.2) is 18.2 Å². The molecule has 10 nitrogen and oxygen atoms in total. The van der Waals surface area contributed by atoms with E-state index >= 15 is 0 Å². The summed E-state index contributed by atoms with van der Waals surface area (Å²) in [7, 11) is 5.39. The minimum Gasteiger partial charge on any atom is -0.493 e. The fourth-order valence-electron chi connectivity index (χ4n) is 3.25. The maximum absolute atomic E-state index is 6.06. The van der Waals surface area contributed by atoms with Gasteiger partial charge in [-0.3, -0.25) is 5.10 Å². The molecule has 0 spiro atoms. The van der Waals surface area contributed by atoms with E-state index in [1.165, 1.54) is 0 Å². The molecule has 180 valence electrons. The van der Waals surface area contributed by atoms with Crippen molar-refractivity contribution < 1.29 is 14.2 Å². The molecule has 3 aromatic rings. The highest BCUT2D eigenvalue weighted by atomic mass is 16.5. The van der Waals surface area contributed by atoms with Crippen LogP contribution in [0.5, 0.6) is 11.5 Å². The topological polar surface area (TPSA) is 109 Å². The van der Waals surface area contributed by atoms with Gasteiger partial charge in [-0.2, -0.15) is 10.1 Å². The second-order valence-electron chi connectivity index (χ2n) is 7.69. The minimum absolute atomic E-state index is 0.494. The van der Waals surface area contributed by atoms with Gasteiger partial charge in [0.25, 0.3) is 0 Å². The molecule has 0 atom stereocenters. The highest BCUT2D eigenvalue weighted by molar-refractivity contribution is 5.94. The zero-order valence-electron chi connectivity index (χ0n) is 20.2. The molecule has 2 heterocycles. The van der Waals surface area contributed by atoms with Crippen LogP contribution in [0.3, 0.4) is 0 Å². The van der Waals surface area contributed by atoms with Crippen LogP contribution in [0.25, 0.3) is 10.9 Å². The van der Waals surface area contributed by atoms with E-state index in [1.54, 1.807) is 14.2 Å². The van der Waals surface area contributed by atoms with Gasteiger partial charge in [0.05, 0.1) is 25.8 Å². The molecule has 0 aliphatic rings. The lowest BCUT2D eigenvalue weighted by Gasteiger charge is -2.16. The molecule has 3 rings (SSSR count). The van der Waals surface area contributed by atoms with Crippen LogP contribution < -0.4 is 20.1 Å². The number of benzene rings is 1. The van der Waals surface area contributed by atoms with Crippen LogP contribution >= 0.6 is 0 Å². The summed E-state index contributed by atoms with van der Waals surface area (Å²) in [6.07, 6.45) is 1.79. The minimum atomic E-state index is 0.494. The van der Waals surface area contributed by atoms with Crippen molar-refractivity contribution in [2.24, 2.45) is 0 Å². The first kappa shape index (κ1) is 24.5. The Morgan fingerprint density at radius 3 is 2.61 bits per heavy atom. The third-order valence-electron chi connectivity index (χ3n) is 5.31. The molecule has 10 heteroatoms. The predicted molar refractivity (Wildman–Crippen MR) is 131 cm³/mol. The van der Waals surface area contributed by atoms with Gasteiger partial charge in [0.15, 0.2) is 17.3 Å². The highest BCUT2D eigenvalue weighted by Gasteiger charge is 2.15. The average Bonchev–Trinajstić information content (AvgIpc) is 3.29. The van der Waals surface area contributed by atoms with Crippen molar-refractivity contribution in [2.45, 2.75) is 26.7 Å². The monoisotopic (exact) mass is 457 g/mol. The highest BCUT2D eigenvalue weighted by Crippen LogP contribution is 2.35. The van der Waals surface area contributed by atoms with Crippen molar-refractivity contribution in [3.05, 3.63) is 23.9 Å². The lowest BCUT2D eigenvalue weighted by atomic mass is 10.2. The number of rotatable bonds is 14. The van der Waals surface area contributed by atoms with Crippen LogP contribution in [-0.4, -0.2) is 79.2 Å². The number of nitrogens with zero attached hydrogens (tertiary/aromatic N) is 4. The molecule has 0 amide bonds. The van der Waals surface area contributed by atoms with Gasteiger partial charge in [-0.05, 0) is 32.5 Å². The molecule has 0 aliphatic carbocycles. The number of methoxy groups -OCH3 is 2. The molecule has 0 saturated carbocycles. The number of hydrogen-bond acceptors (Lipinski definition) is 9. The molecule has 1 aromatic carbocycles. The lowest BCUT2D eigenvalue weighted by Crippen LogP contribution is -2.20. The van der Waals surface area contributed by atoms with Crippen molar-refractivity contribution in [1.29, 1.82) is 0 Å². The van der Waals surface area contributed by atoms with E-state index in [2.05, 4.69) is 56.6 Å². The fraction of sp³-hybridized carbons (Fsp3) is 0.522. The average molecular weight is 458 g/mol. The van der Waals surface area contributed by atoms with Gasteiger partial charge < -0.3 is 29.7 Å². The number of hydrogen-bond donors (Lipinski definition) is 3. The Morgan fingerprint density at radius 2 is 1.91 bits per heavy atom. The molecular formula is C23H35N7O3. The molecular weight excluding hydrogens is 422 g/mol. The van der Waals surface area contributed by atoms with E-state index in [9.17, 15) is 0 Å². The van der Waals surface area contributed by atoms with Gasteiger partial charge in [-0.1, -0.05) is 13.8 Å². The summed E-state index contributed by atoms with van der Waals surface area (Å²) >= 11 is 0.